The van der Waals surface area contributed by atoms with Gasteiger partial charge in [-0.2, -0.15) is 0 Å². The lowest BCUT2D eigenvalue weighted by atomic mass is 10.2. The summed E-state index contributed by atoms with van der Waals surface area (Å²) < 4.78 is 2.71. The molecule has 0 radical (unpaired) electrons. The first-order valence-corrected chi connectivity index (χ1v) is 8.81. The number of thiophene rings is 1. The molecule has 106 valence electrons. The van der Waals surface area contributed by atoms with Gasteiger partial charge in [0, 0.05) is 23.0 Å². The molecule has 2 rings (SSSR count). The average molecular weight is 483 g/mol. The van der Waals surface area contributed by atoms with Crippen LogP contribution in [0, 0.1) is 0 Å². The van der Waals surface area contributed by atoms with Gasteiger partial charge in [0.05, 0.1) is 20.0 Å². The van der Waals surface area contributed by atoms with Crippen LogP contribution < -0.4 is 10.2 Å². The second-order valence-electron chi connectivity index (χ2n) is 4.24. The van der Waals surface area contributed by atoms with Gasteiger partial charge < -0.3 is 10.2 Å². The number of halogens is 3. The van der Waals surface area contributed by atoms with E-state index in [4.69, 9.17) is 0 Å². The van der Waals surface area contributed by atoms with Gasteiger partial charge in [0.25, 0.3) is 5.91 Å². The van der Waals surface area contributed by atoms with Crippen LogP contribution in [0.3, 0.4) is 0 Å². The Bertz CT molecular complexity index is 636. The Morgan fingerprint density at radius 2 is 1.90 bits per heavy atom. The molecule has 2 aromatic rings. The van der Waals surface area contributed by atoms with Crippen LogP contribution in [0.25, 0.3) is 0 Å². The van der Waals surface area contributed by atoms with Crippen LogP contribution in [-0.4, -0.2) is 20.0 Å². The van der Waals surface area contributed by atoms with Crippen LogP contribution in [0.15, 0.2) is 37.0 Å². The molecule has 0 fully saturated rings. The fourth-order valence-electron chi connectivity index (χ4n) is 1.64. The summed E-state index contributed by atoms with van der Waals surface area (Å²) >= 11 is 11.6. The molecule has 1 amide bonds. The number of amides is 1. The van der Waals surface area contributed by atoms with Gasteiger partial charge in [0.15, 0.2) is 0 Å². The summed E-state index contributed by atoms with van der Waals surface area (Å²) in [7, 11) is 3.88. The zero-order valence-corrected chi connectivity index (χ0v) is 16.3. The summed E-state index contributed by atoms with van der Waals surface area (Å²) in [6.07, 6.45) is 0. The first-order valence-electron chi connectivity index (χ1n) is 5.61. The predicted molar refractivity (Wildman–Crippen MR) is 96.1 cm³/mol. The highest BCUT2D eigenvalue weighted by atomic mass is 79.9. The number of benzene rings is 1. The van der Waals surface area contributed by atoms with Crippen molar-refractivity contribution in [3.63, 3.8) is 0 Å². The van der Waals surface area contributed by atoms with Gasteiger partial charge in [0.1, 0.15) is 0 Å². The molecule has 1 aromatic heterocycles. The summed E-state index contributed by atoms with van der Waals surface area (Å²) in [4.78, 5) is 14.9. The Balaban J connectivity index is 2.29. The first kappa shape index (κ1) is 16.0. The van der Waals surface area contributed by atoms with Crippen LogP contribution in [0.1, 0.15) is 9.67 Å². The van der Waals surface area contributed by atoms with E-state index in [0.717, 1.165) is 24.1 Å². The zero-order valence-electron chi connectivity index (χ0n) is 10.7. The first-order chi connectivity index (χ1) is 9.38. The largest absolute Gasteiger partial charge is 0.376 e. The smallest absolute Gasteiger partial charge is 0.265 e. The second-order valence-corrected chi connectivity index (χ2v) is 8.38. The Morgan fingerprint density at radius 1 is 1.20 bits per heavy atom. The van der Waals surface area contributed by atoms with Crippen molar-refractivity contribution in [1.82, 2.24) is 0 Å². The van der Waals surface area contributed by atoms with Crippen molar-refractivity contribution in [2.75, 3.05) is 24.3 Å². The number of carbonyl (C=O) groups excluding carboxylic acids is 1. The van der Waals surface area contributed by atoms with Gasteiger partial charge in [-0.1, -0.05) is 15.9 Å². The maximum Gasteiger partial charge on any atom is 0.265 e. The van der Waals surface area contributed by atoms with E-state index in [1.807, 2.05) is 37.2 Å². The van der Waals surface area contributed by atoms with Gasteiger partial charge in [0.2, 0.25) is 0 Å². The van der Waals surface area contributed by atoms with Crippen LogP contribution in [-0.2, 0) is 0 Å². The third-order valence-corrected chi connectivity index (χ3v) is 6.31. The molecule has 20 heavy (non-hydrogen) atoms. The molecule has 1 N–H and O–H groups in total. The van der Waals surface area contributed by atoms with Crippen LogP contribution in [0.4, 0.5) is 11.4 Å². The van der Waals surface area contributed by atoms with Crippen molar-refractivity contribution in [2.45, 2.75) is 0 Å². The zero-order chi connectivity index (χ0) is 14.9. The van der Waals surface area contributed by atoms with Gasteiger partial charge in [-0.15, -0.1) is 11.3 Å². The number of anilines is 2. The second kappa shape index (κ2) is 6.60. The molecule has 0 bridgehead atoms. The minimum Gasteiger partial charge on any atom is -0.376 e. The van der Waals surface area contributed by atoms with E-state index in [9.17, 15) is 4.79 Å². The molecule has 0 saturated heterocycles. The molecule has 0 aliphatic carbocycles. The van der Waals surface area contributed by atoms with E-state index in [1.165, 1.54) is 11.3 Å². The molecule has 0 atom stereocenters. The van der Waals surface area contributed by atoms with Gasteiger partial charge in [-0.3, -0.25) is 4.79 Å². The van der Waals surface area contributed by atoms with E-state index in [2.05, 4.69) is 53.1 Å². The topological polar surface area (TPSA) is 32.3 Å². The molecular formula is C13H11Br3N2OS. The fraction of sp³-hybridized carbons (Fsp3) is 0.154. The summed E-state index contributed by atoms with van der Waals surface area (Å²) in [6, 6.07) is 7.60. The number of hydrogen-bond acceptors (Lipinski definition) is 3. The summed E-state index contributed by atoms with van der Waals surface area (Å²) in [5.74, 6) is -0.123. The van der Waals surface area contributed by atoms with Gasteiger partial charge in [-0.05, 0) is 56.1 Å². The highest BCUT2D eigenvalue weighted by molar-refractivity contribution is 9.13. The van der Waals surface area contributed by atoms with Crippen molar-refractivity contribution in [3.8, 4) is 0 Å². The molecule has 1 heterocycles. The summed E-state index contributed by atoms with van der Waals surface area (Å²) in [5.41, 5.74) is 1.73. The average Bonchev–Trinajstić information content (AvgIpc) is 2.69. The van der Waals surface area contributed by atoms with Crippen molar-refractivity contribution in [2.24, 2.45) is 0 Å². The lowest BCUT2D eigenvalue weighted by molar-refractivity contribution is 0.103. The quantitative estimate of drug-likeness (QED) is 0.639. The van der Waals surface area contributed by atoms with Crippen molar-refractivity contribution in [1.29, 1.82) is 0 Å². The monoisotopic (exact) mass is 480 g/mol. The SMILES string of the molecule is CN(C)c1ccc(Br)cc1NC(=O)c1cc(Br)c(Br)s1. The third-order valence-electron chi connectivity index (χ3n) is 2.56. The van der Waals surface area contributed by atoms with Crippen LogP contribution in [0.2, 0.25) is 0 Å². The van der Waals surface area contributed by atoms with Crippen molar-refractivity contribution < 1.29 is 4.79 Å². The van der Waals surface area contributed by atoms with Gasteiger partial charge >= 0.3 is 0 Å². The number of nitrogens with zero attached hydrogens (tertiary/aromatic N) is 1. The molecule has 7 heteroatoms. The molecule has 0 unspecified atom stereocenters. The van der Waals surface area contributed by atoms with E-state index < -0.39 is 0 Å². The van der Waals surface area contributed by atoms with Crippen LogP contribution in [0.5, 0.6) is 0 Å². The minimum absolute atomic E-state index is 0.123. The normalized spacial score (nSPS) is 10.4. The van der Waals surface area contributed by atoms with Gasteiger partial charge in [-0.25, -0.2) is 0 Å². The number of carbonyl (C=O) groups is 1. The van der Waals surface area contributed by atoms with E-state index >= 15 is 0 Å². The Morgan fingerprint density at radius 3 is 2.45 bits per heavy atom. The predicted octanol–water partition coefficient (Wildman–Crippen LogP) is 5.35. The molecule has 0 saturated carbocycles. The summed E-state index contributed by atoms with van der Waals surface area (Å²) in [5, 5.41) is 2.95. The molecule has 0 aliphatic rings. The van der Waals surface area contributed by atoms with E-state index in [1.54, 1.807) is 6.07 Å². The third kappa shape index (κ3) is 3.63. The number of rotatable bonds is 3. The minimum atomic E-state index is -0.123. The molecule has 1 aromatic carbocycles. The molecular weight excluding hydrogens is 472 g/mol. The number of hydrogen-bond donors (Lipinski definition) is 1. The maximum atomic E-state index is 12.3. The summed E-state index contributed by atoms with van der Waals surface area (Å²) in [6.45, 7) is 0. The Kier molecular flexibility index (Phi) is 5.28. The van der Waals surface area contributed by atoms with Crippen molar-refractivity contribution >= 4 is 76.4 Å². The van der Waals surface area contributed by atoms with Crippen molar-refractivity contribution in [3.05, 3.63) is 41.9 Å². The Labute approximate surface area is 146 Å². The van der Waals surface area contributed by atoms with E-state index in [0.29, 0.717) is 4.88 Å². The standard InChI is InChI=1S/C13H11Br3N2OS/c1-18(2)10-4-3-7(14)5-9(10)17-13(19)11-6-8(15)12(16)20-11/h3-6H,1-2H3,(H,17,19). The Hall–Kier alpha value is -0.370. The molecule has 3 nitrogen and oxygen atoms in total. The van der Waals surface area contributed by atoms with Crippen LogP contribution >= 0.6 is 59.1 Å². The highest BCUT2D eigenvalue weighted by Crippen LogP contribution is 2.34. The number of nitrogens with one attached hydrogen (secondary N) is 1. The molecule has 0 aliphatic heterocycles. The lowest BCUT2D eigenvalue weighted by Crippen LogP contribution is -2.16. The van der Waals surface area contributed by atoms with E-state index in [-0.39, 0.29) is 5.91 Å². The lowest BCUT2D eigenvalue weighted by Gasteiger charge is -2.18. The molecule has 0 spiro atoms. The maximum absolute atomic E-state index is 12.3. The highest BCUT2D eigenvalue weighted by Gasteiger charge is 2.14. The fourth-order valence-corrected chi connectivity index (χ4v) is 3.93.